The van der Waals surface area contributed by atoms with Crippen molar-refractivity contribution in [2.75, 3.05) is 20.3 Å². The third-order valence-electron chi connectivity index (χ3n) is 3.39. The maximum atomic E-state index is 11.8. The van der Waals surface area contributed by atoms with Gasteiger partial charge in [-0.1, -0.05) is 30.3 Å². The largest absolute Gasteiger partial charge is 0.444 e. The minimum atomic E-state index is -0.419. The number of carbonyl (C=O) groups excluding carboxylic acids is 1. The molecule has 0 saturated carbocycles. The summed E-state index contributed by atoms with van der Waals surface area (Å²) in [5, 5.41) is 8.54. The van der Waals surface area contributed by atoms with Crippen LogP contribution in [-0.2, 0) is 16.1 Å². The summed E-state index contributed by atoms with van der Waals surface area (Å²) in [5.74, 6) is 0. The standard InChI is InChI=1S/C11H21NO3.C7H8O/c1-11(2,3)15-10(13)12-7-5-6-9(12)8-14-4;8-6-7-4-2-1-3-5-7/h9H,5-8H2,1-4H3;1-5,8H,6H2. The van der Waals surface area contributed by atoms with Crippen LogP contribution in [0.4, 0.5) is 4.79 Å². The quantitative estimate of drug-likeness (QED) is 0.928. The van der Waals surface area contributed by atoms with E-state index < -0.39 is 5.60 Å². The summed E-state index contributed by atoms with van der Waals surface area (Å²) in [6.07, 6.45) is 1.82. The van der Waals surface area contributed by atoms with E-state index >= 15 is 0 Å². The van der Waals surface area contributed by atoms with Crippen LogP contribution >= 0.6 is 0 Å². The van der Waals surface area contributed by atoms with E-state index in [1.165, 1.54) is 0 Å². The van der Waals surface area contributed by atoms with Crippen molar-refractivity contribution in [3.8, 4) is 0 Å². The number of carbonyl (C=O) groups is 1. The molecule has 1 unspecified atom stereocenters. The van der Waals surface area contributed by atoms with E-state index in [1.54, 1.807) is 12.0 Å². The Morgan fingerprint density at radius 1 is 1.30 bits per heavy atom. The summed E-state index contributed by atoms with van der Waals surface area (Å²) >= 11 is 0. The SMILES string of the molecule is COCC1CCCN1C(=O)OC(C)(C)C.OCc1ccccc1. The molecule has 2 rings (SSSR count). The van der Waals surface area contributed by atoms with Gasteiger partial charge < -0.3 is 19.5 Å². The molecule has 1 aliphatic heterocycles. The lowest BCUT2D eigenvalue weighted by molar-refractivity contribution is 0.0148. The van der Waals surface area contributed by atoms with Crippen molar-refractivity contribution in [2.45, 2.75) is 51.9 Å². The number of hydrogen-bond donors (Lipinski definition) is 1. The Morgan fingerprint density at radius 2 is 1.96 bits per heavy atom. The van der Waals surface area contributed by atoms with E-state index in [1.807, 2.05) is 51.1 Å². The van der Waals surface area contributed by atoms with Crippen LogP contribution in [0.3, 0.4) is 0 Å². The topological polar surface area (TPSA) is 59.0 Å². The summed E-state index contributed by atoms with van der Waals surface area (Å²) in [7, 11) is 1.66. The summed E-state index contributed by atoms with van der Waals surface area (Å²) in [5.41, 5.74) is 0.546. The molecule has 0 aromatic heterocycles. The Bertz CT molecular complexity index is 456. The zero-order valence-electron chi connectivity index (χ0n) is 14.6. The van der Waals surface area contributed by atoms with Gasteiger partial charge in [0.2, 0.25) is 0 Å². The van der Waals surface area contributed by atoms with Crippen LogP contribution in [0.2, 0.25) is 0 Å². The Kier molecular flexibility index (Phi) is 8.06. The van der Waals surface area contributed by atoms with Crippen LogP contribution in [0.25, 0.3) is 0 Å². The highest BCUT2D eigenvalue weighted by Crippen LogP contribution is 2.20. The van der Waals surface area contributed by atoms with Gasteiger partial charge in [-0.3, -0.25) is 0 Å². The second kappa shape index (κ2) is 9.53. The molecule has 1 aromatic rings. The van der Waals surface area contributed by atoms with Gasteiger partial charge >= 0.3 is 6.09 Å². The number of rotatable bonds is 3. The van der Waals surface area contributed by atoms with Crippen molar-refractivity contribution in [3.05, 3.63) is 35.9 Å². The summed E-state index contributed by atoms with van der Waals surface area (Å²) in [4.78, 5) is 13.6. The number of nitrogens with zero attached hydrogens (tertiary/aromatic N) is 1. The number of ether oxygens (including phenoxy) is 2. The molecule has 1 heterocycles. The molecule has 5 heteroatoms. The van der Waals surface area contributed by atoms with E-state index in [0.29, 0.717) is 6.61 Å². The molecule has 0 bridgehead atoms. The van der Waals surface area contributed by atoms with Gasteiger partial charge in [-0.2, -0.15) is 0 Å². The second-order valence-corrected chi connectivity index (χ2v) is 6.57. The van der Waals surface area contributed by atoms with Gasteiger partial charge in [0, 0.05) is 13.7 Å². The molecule has 1 amide bonds. The molecule has 1 N–H and O–H groups in total. The fourth-order valence-corrected chi connectivity index (χ4v) is 2.35. The van der Waals surface area contributed by atoms with Crippen LogP contribution < -0.4 is 0 Å². The van der Waals surface area contributed by atoms with Gasteiger partial charge in [0.1, 0.15) is 5.60 Å². The van der Waals surface area contributed by atoms with E-state index in [-0.39, 0.29) is 18.7 Å². The highest BCUT2D eigenvalue weighted by atomic mass is 16.6. The first-order valence-electron chi connectivity index (χ1n) is 8.00. The molecule has 1 aliphatic rings. The molecular weight excluding hydrogens is 294 g/mol. The van der Waals surface area contributed by atoms with Crippen LogP contribution in [0.5, 0.6) is 0 Å². The molecule has 130 valence electrons. The number of likely N-dealkylation sites (tertiary alicyclic amines) is 1. The third-order valence-corrected chi connectivity index (χ3v) is 3.39. The zero-order valence-corrected chi connectivity index (χ0v) is 14.6. The first kappa shape index (κ1) is 19.5. The highest BCUT2D eigenvalue weighted by molar-refractivity contribution is 5.68. The maximum Gasteiger partial charge on any atom is 0.410 e. The van der Waals surface area contributed by atoms with Crippen molar-refractivity contribution >= 4 is 6.09 Å². The lowest BCUT2D eigenvalue weighted by Crippen LogP contribution is -2.41. The third kappa shape index (κ3) is 7.48. The van der Waals surface area contributed by atoms with Gasteiger partial charge in [-0.05, 0) is 39.2 Å². The Balaban J connectivity index is 0.000000277. The number of aliphatic hydroxyl groups is 1. The fourth-order valence-electron chi connectivity index (χ4n) is 2.35. The smallest absolute Gasteiger partial charge is 0.410 e. The predicted molar refractivity (Wildman–Crippen MR) is 90.2 cm³/mol. The van der Waals surface area contributed by atoms with E-state index in [9.17, 15) is 4.79 Å². The number of aliphatic hydroxyl groups excluding tert-OH is 1. The predicted octanol–water partition coefficient (Wildman–Crippen LogP) is 3.21. The van der Waals surface area contributed by atoms with Gasteiger partial charge in [0.05, 0.1) is 19.3 Å². The van der Waals surface area contributed by atoms with E-state index in [0.717, 1.165) is 24.9 Å². The first-order chi connectivity index (χ1) is 10.9. The van der Waals surface area contributed by atoms with Crippen molar-refractivity contribution in [2.24, 2.45) is 0 Å². The van der Waals surface area contributed by atoms with Crippen molar-refractivity contribution < 1.29 is 19.4 Å². The van der Waals surface area contributed by atoms with Crippen LogP contribution in [0, 0.1) is 0 Å². The molecule has 1 aromatic carbocycles. The number of hydrogen-bond acceptors (Lipinski definition) is 4. The zero-order chi connectivity index (χ0) is 17.3. The Morgan fingerprint density at radius 3 is 2.43 bits per heavy atom. The summed E-state index contributed by atoms with van der Waals surface area (Å²) in [6, 6.07) is 9.71. The van der Waals surface area contributed by atoms with E-state index in [2.05, 4.69) is 0 Å². The van der Waals surface area contributed by atoms with Crippen LogP contribution in [0.1, 0.15) is 39.2 Å². The number of benzene rings is 1. The van der Waals surface area contributed by atoms with Gasteiger partial charge in [-0.25, -0.2) is 4.79 Å². The van der Waals surface area contributed by atoms with Crippen molar-refractivity contribution in [1.82, 2.24) is 4.90 Å². The van der Waals surface area contributed by atoms with Gasteiger partial charge in [-0.15, -0.1) is 0 Å². The fraction of sp³-hybridized carbons (Fsp3) is 0.611. The molecule has 1 atom stereocenters. The molecular formula is C18H29NO4. The van der Waals surface area contributed by atoms with Crippen LogP contribution in [0.15, 0.2) is 30.3 Å². The normalized spacial score (nSPS) is 17.4. The minimum Gasteiger partial charge on any atom is -0.444 e. The highest BCUT2D eigenvalue weighted by Gasteiger charge is 2.31. The average molecular weight is 323 g/mol. The molecule has 0 spiro atoms. The number of amides is 1. The van der Waals surface area contributed by atoms with E-state index in [4.69, 9.17) is 14.6 Å². The minimum absolute atomic E-state index is 0.140. The maximum absolute atomic E-state index is 11.8. The van der Waals surface area contributed by atoms with Gasteiger partial charge in [0.25, 0.3) is 0 Å². The molecule has 0 radical (unpaired) electrons. The molecule has 1 saturated heterocycles. The summed E-state index contributed by atoms with van der Waals surface area (Å²) in [6.45, 7) is 7.16. The first-order valence-corrected chi connectivity index (χ1v) is 8.00. The van der Waals surface area contributed by atoms with Crippen molar-refractivity contribution in [1.29, 1.82) is 0 Å². The Labute approximate surface area is 139 Å². The molecule has 23 heavy (non-hydrogen) atoms. The average Bonchev–Trinajstić information content (AvgIpc) is 2.96. The van der Waals surface area contributed by atoms with Gasteiger partial charge in [0.15, 0.2) is 0 Å². The lowest BCUT2D eigenvalue weighted by atomic mass is 10.2. The Hall–Kier alpha value is -1.59. The lowest BCUT2D eigenvalue weighted by Gasteiger charge is -2.28. The summed E-state index contributed by atoms with van der Waals surface area (Å²) < 4.78 is 10.4. The van der Waals surface area contributed by atoms with Crippen molar-refractivity contribution in [3.63, 3.8) is 0 Å². The second-order valence-electron chi connectivity index (χ2n) is 6.57. The molecule has 1 fully saturated rings. The molecule has 5 nitrogen and oxygen atoms in total. The number of methoxy groups -OCH3 is 1. The van der Waals surface area contributed by atoms with Crippen LogP contribution in [-0.4, -0.2) is 48.0 Å². The monoisotopic (exact) mass is 323 g/mol. The molecule has 0 aliphatic carbocycles.